The Bertz CT molecular complexity index is 664. The fraction of sp³-hybridized carbons (Fsp3) is 0.278. The van der Waals surface area contributed by atoms with Gasteiger partial charge in [-0.2, -0.15) is 0 Å². The maximum atomic E-state index is 11.5. The van der Waals surface area contributed by atoms with E-state index in [1.807, 2.05) is 18.2 Å². The van der Waals surface area contributed by atoms with Gasteiger partial charge < -0.3 is 10.1 Å². The molecule has 0 spiro atoms. The van der Waals surface area contributed by atoms with Gasteiger partial charge in [0.2, 0.25) is 5.91 Å². The number of benzene rings is 2. The van der Waals surface area contributed by atoms with Crippen molar-refractivity contribution < 1.29 is 9.53 Å². The van der Waals surface area contributed by atoms with Gasteiger partial charge in [0.15, 0.2) is 0 Å². The van der Waals surface area contributed by atoms with E-state index in [0.29, 0.717) is 6.42 Å². The van der Waals surface area contributed by atoms with Crippen molar-refractivity contribution in [3.8, 4) is 16.9 Å². The van der Waals surface area contributed by atoms with Gasteiger partial charge in [-0.3, -0.25) is 4.79 Å². The Kier molecular flexibility index (Phi) is 3.65. The van der Waals surface area contributed by atoms with Crippen LogP contribution >= 0.6 is 0 Å². The predicted octanol–water partition coefficient (Wildman–Crippen LogP) is 3.27. The summed E-state index contributed by atoms with van der Waals surface area (Å²) in [6, 6.07) is 14.5. The Morgan fingerprint density at radius 2 is 1.95 bits per heavy atom. The predicted molar refractivity (Wildman–Crippen MR) is 83.5 cm³/mol. The van der Waals surface area contributed by atoms with Gasteiger partial charge in [-0.25, -0.2) is 0 Å². The third-order valence-electron chi connectivity index (χ3n) is 4.09. The molecule has 1 unspecified atom stereocenters. The van der Waals surface area contributed by atoms with Crippen molar-refractivity contribution in [2.75, 3.05) is 13.7 Å². The standard InChI is InChI=1S/C18H19NO2/c1-12-8-17(21-2)16(13-6-4-3-5-7-13)10-15(12)14-9-18(20)19-11-14/h3-8,10,14H,9,11H2,1-2H3,(H,19,20). The van der Waals surface area contributed by atoms with Crippen LogP contribution in [-0.2, 0) is 4.79 Å². The van der Waals surface area contributed by atoms with E-state index in [9.17, 15) is 4.79 Å². The highest BCUT2D eigenvalue weighted by atomic mass is 16.5. The third kappa shape index (κ3) is 2.64. The molecular weight excluding hydrogens is 262 g/mol. The second kappa shape index (κ2) is 5.60. The molecule has 1 amide bonds. The first kappa shape index (κ1) is 13.7. The Morgan fingerprint density at radius 1 is 1.19 bits per heavy atom. The highest BCUT2D eigenvalue weighted by Crippen LogP contribution is 2.36. The van der Waals surface area contributed by atoms with Gasteiger partial charge in [0, 0.05) is 24.4 Å². The maximum absolute atomic E-state index is 11.5. The molecule has 21 heavy (non-hydrogen) atoms. The first-order valence-corrected chi connectivity index (χ1v) is 7.19. The van der Waals surface area contributed by atoms with Gasteiger partial charge in [-0.15, -0.1) is 0 Å². The smallest absolute Gasteiger partial charge is 0.220 e. The molecule has 1 fully saturated rings. The SMILES string of the molecule is COc1cc(C)c(C2CNC(=O)C2)cc1-c1ccccc1. The van der Waals surface area contributed by atoms with Gasteiger partial charge in [0.1, 0.15) is 5.75 Å². The molecule has 3 rings (SSSR count). The molecule has 0 aromatic heterocycles. The van der Waals surface area contributed by atoms with E-state index >= 15 is 0 Å². The van der Waals surface area contributed by atoms with Crippen LogP contribution in [0.1, 0.15) is 23.5 Å². The fourth-order valence-electron chi connectivity index (χ4n) is 2.98. The summed E-state index contributed by atoms with van der Waals surface area (Å²) in [6.45, 7) is 2.80. The summed E-state index contributed by atoms with van der Waals surface area (Å²) in [4.78, 5) is 11.5. The molecule has 108 valence electrons. The van der Waals surface area contributed by atoms with Crippen molar-refractivity contribution in [1.82, 2.24) is 5.32 Å². The van der Waals surface area contributed by atoms with Crippen molar-refractivity contribution in [2.45, 2.75) is 19.3 Å². The lowest BCUT2D eigenvalue weighted by Gasteiger charge is -2.17. The summed E-state index contributed by atoms with van der Waals surface area (Å²) in [5.41, 5.74) is 4.62. The van der Waals surface area contributed by atoms with Gasteiger partial charge in [-0.05, 0) is 35.7 Å². The van der Waals surface area contributed by atoms with Gasteiger partial charge >= 0.3 is 0 Å². The molecule has 3 nitrogen and oxygen atoms in total. The van der Waals surface area contributed by atoms with Crippen LogP contribution in [-0.4, -0.2) is 19.6 Å². The lowest BCUT2D eigenvalue weighted by atomic mass is 9.90. The van der Waals surface area contributed by atoms with Crippen LogP contribution in [0.25, 0.3) is 11.1 Å². The van der Waals surface area contributed by atoms with Crippen LogP contribution in [0.2, 0.25) is 0 Å². The molecule has 1 heterocycles. The van der Waals surface area contributed by atoms with Crippen LogP contribution in [0.5, 0.6) is 5.75 Å². The van der Waals surface area contributed by atoms with E-state index in [1.54, 1.807) is 7.11 Å². The molecular formula is C18H19NO2. The molecule has 1 saturated heterocycles. The first-order valence-electron chi connectivity index (χ1n) is 7.19. The largest absolute Gasteiger partial charge is 0.496 e. The second-order valence-electron chi connectivity index (χ2n) is 5.48. The van der Waals surface area contributed by atoms with Gasteiger partial charge in [-0.1, -0.05) is 30.3 Å². The van der Waals surface area contributed by atoms with Crippen LogP contribution < -0.4 is 10.1 Å². The summed E-state index contributed by atoms with van der Waals surface area (Å²) in [5, 5.41) is 2.91. The van der Waals surface area contributed by atoms with Crippen LogP contribution in [0.15, 0.2) is 42.5 Å². The Morgan fingerprint density at radius 3 is 2.57 bits per heavy atom. The van der Waals surface area contributed by atoms with Crippen LogP contribution in [0.4, 0.5) is 0 Å². The fourth-order valence-corrected chi connectivity index (χ4v) is 2.98. The molecule has 0 radical (unpaired) electrons. The van der Waals surface area contributed by atoms with E-state index in [4.69, 9.17) is 4.74 Å². The molecule has 1 aliphatic rings. The van der Waals surface area contributed by atoms with Crippen molar-refractivity contribution in [2.24, 2.45) is 0 Å². The van der Waals surface area contributed by atoms with Crippen molar-refractivity contribution in [3.05, 3.63) is 53.6 Å². The first-order chi connectivity index (χ1) is 10.2. The Hall–Kier alpha value is -2.29. The summed E-state index contributed by atoms with van der Waals surface area (Å²) >= 11 is 0. The van der Waals surface area contributed by atoms with Crippen LogP contribution in [0.3, 0.4) is 0 Å². The molecule has 0 bridgehead atoms. The average Bonchev–Trinajstić information content (AvgIpc) is 2.94. The molecule has 0 saturated carbocycles. The van der Waals surface area contributed by atoms with Gasteiger partial charge in [0.25, 0.3) is 0 Å². The third-order valence-corrected chi connectivity index (χ3v) is 4.09. The molecule has 3 heteroatoms. The molecule has 0 aliphatic carbocycles. The van der Waals surface area contributed by atoms with Crippen molar-refractivity contribution in [1.29, 1.82) is 0 Å². The van der Waals surface area contributed by atoms with Gasteiger partial charge in [0.05, 0.1) is 7.11 Å². The van der Waals surface area contributed by atoms with Crippen molar-refractivity contribution in [3.63, 3.8) is 0 Å². The highest BCUT2D eigenvalue weighted by molar-refractivity contribution is 5.80. The summed E-state index contributed by atoms with van der Waals surface area (Å²) in [5.74, 6) is 1.27. The maximum Gasteiger partial charge on any atom is 0.220 e. The number of carbonyl (C=O) groups is 1. The topological polar surface area (TPSA) is 38.3 Å². The zero-order valence-electron chi connectivity index (χ0n) is 12.3. The quantitative estimate of drug-likeness (QED) is 0.937. The van der Waals surface area contributed by atoms with E-state index in [2.05, 4.69) is 36.5 Å². The normalized spacial score (nSPS) is 17.6. The highest BCUT2D eigenvalue weighted by Gasteiger charge is 2.25. The Balaban J connectivity index is 2.08. The van der Waals surface area contributed by atoms with E-state index < -0.39 is 0 Å². The number of carbonyl (C=O) groups excluding carboxylic acids is 1. The number of amides is 1. The number of nitrogens with one attached hydrogen (secondary N) is 1. The number of hydrogen-bond donors (Lipinski definition) is 1. The number of ether oxygens (including phenoxy) is 1. The number of aryl methyl sites for hydroxylation is 1. The minimum Gasteiger partial charge on any atom is -0.496 e. The number of hydrogen-bond acceptors (Lipinski definition) is 2. The lowest BCUT2D eigenvalue weighted by Crippen LogP contribution is -2.13. The molecule has 2 aromatic rings. The monoisotopic (exact) mass is 281 g/mol. The minimum absolute atomic E-state index is 0.136. The summed E-state index contributed by atoms with van der Waals surface area (Å²) in [6.07, 6.45) is 0.571. The number of methoxy groups -OCH3 is 1. The second-order valence-corrected chi connectivity index (χ2v) is 5.48. The minimum atomic E-state index is 0.136. The molecule has 1 N–H and O–H groups in total. The zero-order valence-corrected chi connectivity index (χ0v) is 12.3. The van der Waals surface area contributed by atoms with Crippen LogP contribution in [0, 0.1) is 6.92 Å². The lowest BCUT2D eigenvalue weighted by molar-refractivity contribution is -0.119. The number of rotatable bonds is 3. The Labute approximate surface area is 124 Å². The van der Waals surface area contributed by atoms with E-state index in [0.717, 1.165) is 23.4 Å². The van der Waals surface area contributed by atoms with E-state index in [-0.39, 0.29) is 11.8 Å². The molecule has 2 aromatic carbocycles. The molecule has 1 atom stereocenters. The molecule has 1 aliphatic heterocycles. The summed E-state index contributed by atoms with van der Waals surface area (Å²) < 4.78 is 5.54. The average molecular weight is 281 g/mol. The zero-order chi connectivity index (χ0) is 14.8. The van der Waals surface area contributed by atoms with Crippen molar-refractivity contribution >= 4 is 5.91 Å². The summed E-state index contributed by atoms with van der Waals surface area (Å²) in [7, 11) is 1.70. The van der Waals surface area contributed by atoms with E-state index in [1.165, 1.54) is 11.1 Å².